The van der Waals surface area contributed by atoms with Crippen molar-refractivity contribution in [3.8, 4) is 28.6 Å². The van der Waals surface area contributed by atoms with Crippen molar-refractivity contribution in [2.45, 2.75) is 39.8 Å². The summed E-state index contributed by atoms with van der Waals surface area (Å²) < 4.78 is 18.2. The summed E-state index contributed by atoms with van der Waals surface area (Å²) in [6.07, 6.45) is 2.32. The summed E-state index contributed by atoms with van der Waals surface area (Å²) in [6, 6.07) is 13.3. The molecule has 32 heavy (non-hydrogen) atoms. The Morgan fingerprint density at radius 3 is 2.72 bits per heavy atom. The number of carbonyl (C=O) groups excluding carboxylic acids is 1. The maximum Gasteiger partial charge on any atom is 0.307 e. The number of rotatable bonds is 8. The van der Waals surface area contributed by atoms with Crippen molar-refractivity contribution in [2.24, 2.45) is 0 Å². The fourth-order valence-electron chi connectivity index (χ4n) is 3.48. The topological polar surface area (TPSA) is 105 Å². The van der Waals surface area contributed by atoms with Crippen molar-refractivity contribution >= 4 is 22.6 Å². The smallest absolute Gasteiger partial charge is 0.307 e. The number of nitrogens with two attached hydrogens (primary N) is 1. The van der Waals surface area contributed by atoms with Crippen molar-refractivity contribution in [2.75, 3.05) is 12.3 Å². The zero-order chi connectivity index (χ0) is 22.7. The molecule has 0 radical (unpaired) electrons. The first-order valence-electron chi connectivity index (χ1n) is 10.6. The summed E-state index contributed by atoms with van der Waals surface area (Å²) in [7, 11) is 0. The number of nitrogen functional groups attached to an aromatic ring is 1. The van der Waals surface area contributed by atoms with Gasteiger partial charge in [-0.2, -0.15) is 4.98 Å². The van der Waals surface area contributed by atoms with Gasteiger partial charge in [-0.15, -0.1) is 0 Å². The fourth-order valence-corrected chi connectivity index (χ4v) is 3.48. The summed E-state index contributed by atoms with van der Waals surface area (Å²) in [4.78, 5) is 16.2. The molecule has 4 rings (SSSR count). The normalized spacial score (nSPS) is 11.2. The van der Waals surface area contributed by atoms with Crippen LogP contribution < -0.4 is 10.5 Å². The summed E-state index contributed by atoms with van der Waals surface area (Å²) in [5.41, 5.74) is 9.20. The second-order valence-corrected chi connectivity index (χ2v) is 7.68. The van der Waals surface area contributed by atoms with Crippen LogP contribution in [-0.2, 0) is 16.1 Å². The minimum Gasteiger partial charge on any atom is -0.489 e. The molecule has 0 saturated carbocycles. The average Bonchev–Trinajstić information content (AvgIpc) is 3.40. The van der Waals surface area contributed by atoms with E-state index in [1.165, 1.54) is 0 Å². The highest BCUT2D eigenvalue weighted by molar-refractivity contribution is 5.85. The van der Waals surface area contributed by atoms with Crippen molar-refractivity contribution < 1.29 is 18.8 Å². The van der Waals surface area contributed by atoms with Crippen molar-refractivity contribution in [1.29, 1.82) is 0 Å². The number of aromatic nitrogens is 3. The van der Waals surface area contributed by atoms with Gasteiger partial charge >= 0.3 is 5.97 Å². The third kappa shape index (κ3) is 4.59. The lowest BCUT2D eigenvalue weighted by atomic mass is 10.1. The average molecular weight is 434 g/mol. The largest absolute Gasteiger partial charge is 0.489 e. The van der Waals surface area contributed by atoms with Crippen LogP contribution in [0.2, 0.25) is 0 Å². The van der Waals surface area contributed by atoms with E-state index in [9.17, 15) is 4.79 Å². The Labute approximate surface area is 185 Å². The van der Waals surface area contributed by atoms with Crippen LogP contribution in [0.25, 0.3) is 33.7 Å². The fraction of sp³-hybridized carbons (Fsp3) is 0.292. The van der Waals surface area contributed by atoms with E-state index in [1.54, 1.807) is 19.1 Å². The number of aryl methyl sites for hydroxylation is 1. The summed E-state index contributed by atoms with van der Waals surface area (Å²) >= 11 is 0. The van der Waals surface area contributed by atoms with Gasteiger partial charge in [-0.1, -0.05) is 5.16 Å². The molecular weight excluding hydrogens is 408 g/mol. The van der Waals surface area contributed by atoms with Crippen LogP contribution >= 0.6 is 0 Å². The third-order valence-corrected chi connectivity index (χ3v) is 4.94. The van der Waals surface area contributed by atoms with Crippen LogP contribution in [0.5, 0.6) is 5.75 Å². The highest BCUT2D eigenvalue weighted by Crippen LogP contribution is 2.30. The van der Waals surface area contributed by atoms with Gasteiger partial charge in [0.05, 0.1) is 24.8 Å². The number of hydrogen-bond acceptors (Lipinski definition) is 7. The molecule has 8 heteroatoms. The highest BCUT2D eigenvalue weighted by atomic mass is 16.5. The van der Waals surface area contributed by atoms with Gasteiger partial charge in [0, 0.05) is 34.8 Å². The first kappa shape index (κ1) is 21.4. The number of fused-ring (bicyclic) bond motifs is 1. The molecule has 2 heterocycles. The molecule has 2 aromatic heterocycles. The molecule has 0 aliphatic heterocycles. The zero-order valence-corrected chi connectivity index (χ0v) is 18.4. The molecule has 2 aromatic carbocycles. The first-order valence-corrected chi connectivity index (χ1v) is 10.6. The third-order valence-electron chi connectivity index (χ3n) is 4.94. The van der Waals surface area contributed by atoms with Crippen molar-refractivity contribution in [3.05, 3.63) is 48.7 Å². The van der Waals surface area contributed by atoms with Crippen molar-refractivity contribution in [1.82, 2.24) is 14.7 Å². The molecule has 0 unspecified atom stereocenters. The van der Waals surface area contributed by atoms with E-state index >= 15 is 0 Å². The molecule has 0 spiro atoms. The van der Waals surface area contributed by atoms with Gasteiger partial charge in [-0.3, -0.25) is 4.79 Å². The lowest BCUT2D eigenvalue weighted by Crippen LogP contribution is -2.08. The Bertz CT molecular complexity index is 1240. The van der Waals surface area contributed by atoms with Crippen LogP contribution in [0.3, 0.4) is 0 Å². The highest BCUT2D eigenvalue weighted by Gasteiger charge is 2.14. The Morgan fingerprint density at radius 2 is 1.97 bits per heavy atom. The number of carbonyl (C=O) groups is 1. The van der Waals surface area contributed by atoms with Crippen LogP contribution in [0.15, 0.2) is 53.2 Å². The van der Waals surface area contributed by atoms with E-state index in [2.05, 4.69) is 10.1 Å². The van der Waals surface area contributed by atoms with E-state index in [1.807, 2.05) is 54.9 Å². The second kappa shape index (κ2) is 9.13. The molecule has 0 aliphatic rings. The maximum absolute atomic E-state index is 11.6. The predicted octanol–water partition coefficient (Wildman–Crippen LogP) is 4.68. The Morgan fingerprint density at radius 1 is 1.16 bits per heavy atom. The number of anilines is 1. The number of nitrogens with zero attached hydrogens (tertiary/aromatic N) is 3. The molecule has 8 nitrogen and oxygen atoms in total. The number of hydrogen-bond donors (Lipinski definition) is 1. The first-order chi connectivity index (χ1) is 15.4. The van der Waals surface area contributed by atoms with Gasteiger partial charge in [0.15, 0.2) is 0 Å². The van der Waals surface area contributed by atoms with E-state index in [-0.39, 0.29) is 12.1 Å². The summed E-state index contributed by atoms with van der Waals surface area (Å²) in [6.45, 7) is 6.65. The zero-order valence-electron chi connectivity index (χ0n) is 18.4. The monoisotopic (exact) mass is 434 g/mol. The lowest BCUT2D eigenvalue weighted by molar-refractivity contribution is -0.143. The van der Waals surface area contributed by atoms with Crippen LogP contribution in [0, 0.1) is 0 Å². The molecule has 0 aliphatic carbocycles. The second-order valence-electron chi connectivity index (χ2n) is 7.68. The molecule has 0 bridgehead atoms. The van der Waals surface area contributed by atoms with Gasteiger partial charge < -0.3 is 24.3 Å². The van der Waals surface area contributed by atoms with E-state index < -0.39 is 0 Å². The molecule has 0 atom stereocenters. The molecule has 4 aromatic rings. The number of esters is 1. The molecule has 0 saturated heterocycles. The van der Waals surface area contributed by atoms with Gasteiger partial charge in [0.2, 0.25) is 5.82 Å². The Balaban J connectivity index is 1.53. The van der Waals surface area contributed by atoms with Crippen molar-refractivity contribution in [3.63, 3.8) is 0 Å². The van der Waals surface area contributed by atoms with Crippen LogP contribution in [0.1, 0.15) is 27.2 Å². The molecular formula is C24H26N4O4. The number of ether oxygens (including phenoxy) is 2. The standard InChI is InChI=1S/C24H26N4O4/c1-4-30-22(29)10-12-28-11-9-16-13-17(5-7-20(16)28)23-26-24(32-27-23)18-6-8-21(19(25)14-18)31-15(2)3/h5-9,11,13-15H,4,10,12,25H2,1-3H3. The molecule has 0 amide bonds. The molecule has 0 fully saturated rings. The van der Waals surface area contributed by atoms with Gasteiger partial charge in [-0.05, 0) is 63.2 Å². The summed E-state index contributed by atoms with van der Waals surface area (Å²) in [5.74, 6) is 1.30. The van der Waals surface area contributed by atoms with E-state index in [0.717, 1.165) is 22.0 Å². The minimum atomic E-state index is -0.199. The van der Waals surface area contributed by atoms with E-state index in [4.69, 9.17) is 19.7 Å². The SMILES string of the molecule is CCOC(=O)CCn1ccc2cc(-c3noc(-c4ccc(OC(C)C)c(N)c4)n3)ccc21. The minimum absolute atomic E-state index is 0.0353. The molecule has 166 valence electrons. The quantitative estimate of drug-likeness (QED) is 0.317. The number of benzene rings is 2. The Kier molecular flexibility index (Phi) is 6.11. The van der Waals surface area contributed by atoms with Crippen LogP contribution in [0.4, 0.5) is 5.69 Å². The Hall–Kier alpha value is -3.81. The van der Waals surface area contributed by atoms with Gasteiger partial charge in [0.25, 0.3) is 5.89 Å². The van der Waals surface area contributed by atoms with Crippen LogP contribution in [-0.4, -0.2) is 33.4 Å². The summed E-state index contributed by atoms with van der Waals surface area (Å²) in [5, 5.41) is 5.16. The van der Waals surface area contributed by atoms with E-state index in [0.29, 0.717) is 42.7 Å². The lowest BCUT2D eigenvalue weighted by Gasteiger charge is -2.12. The van der Waals surface area contributed by atoms with Gasteiger partial charge in [-0.25, -0.2) is 0 Å². The van der Waals surface area contributed by atoms with Gasteiger partial charge in [0.1, 0.15) is 5.75 Å². The maximum atomic E-state index is 11.6. The predicted molar refractivity (Wildman–Crippen MR) is 122 cm³/mol. The molecule has 2 N–H and O–H groups in total.